The van der Waals surface area contributed by atoms with Crippen LogP contribution in [0.1, 0.15) is 11.1 Å². The summed E-state index contributed by atoms with van der Waals surface area (Å²) in [5.74, 6) is 0. The maximum Gasteiger partial charge on any atom is -0.00135 e. The van der Waals surface area contributed by atoms with Crippen molar-refractivity contribution in [2.24, 2.45) is 0 Å². The second-order valence-electron chi connectivity index (χ2n) is 3.67. The van der Waals surface area contributed by atoms with Gasteiger partial charge in [0, 0.05) is 0 Å². The van der Waals surface area contributed by atoms with Crippen LogP contribution in [0.4, 0.5) is 0 Å². The van der Waals surface area contributed by atoms with Crippen LogP contribution < -0.4 is 0 Å². The molecule has 0 unspecified atom stereocenters. The van der Waals surface area contributed by atoms with Gasteiger partial charge in [0.15, 0.2) is 0 Å². The number of nitrogens with zero attached hydrogens (tertiary/aromatic N) is 6. The lowest BCUT2D eigenvalue weighted by Gasteiger charge is -1.98. The van der Waals surface area contributed by atoms with Crippen LogP contribution in [0.2, 0.25) is 0 Å². The Hall–Kier alpha value is -2.94. The van der Waals surface area contributed by atoms with E-state index in [1.165, 1.54) is 32.1 Å². The summed E-state index contributed by atoms with van der Waals surface area (Å²) >= 11 is 0. The van der Waals surface area contributed by atoms with Gasteiger partial charge in [-0.3, -0.25) is 9.82 Å². The predicted molar refractivity (Wildman–Crippen MR) is 74.8 cm³/mol. The highest BCUT2D eigenvalue weighted by Crippen LogP contribution is 2.35. The smallest absolute Gasteiger partial charge is 0.00135 e. The lowest BCUT2D eigenvalue weighted by Crippen LogP contribution is -1.77. The van der Waals surface area contributed by atoms with Crippen LogP contribution in [0, 0.1) is 0 Å². The largest absolute Gasteiger partial charge is 0.373 e. The second kappa shape index (κ2) is 7.40. The first-order valence-electron chi connectivity index (χ1n) is 5.41. The molecule has 2 aromatic carbocycles. The quantitative estimate of drug-likeness (QED) is 0.303. The van der Waals surface area contributed by atoms with Gasteiger partial charge in [0.25, 0.3) is 0 Å². The molecule has 94 valence electrons. The summed E-state index contributed by atoms with van der Waals surface area (Å²) in [7, 11) is 0. The van der Waals surface area contributed by atoms with Crippen LogP contribution in [-0.4, -0.2) is 0 Å². The van der Waals surface area contributed by atoms with Crippen LogP contribution >= 0.6 is 0 Å². The molecule has 0 spiro atoms. The Balaban J connectivity index is 0.000000261. The first-order chi connectivity index (χ1) is 9.28. The summed E-state index contributed by atoms with van der Waals surface area (Å²) in [6.07, 6.45) is 1.10. The Morgan fingerprint density at radius 2 is 0.947 bits per heavy atom. The summed E-state index contributed by atoms with van der Waals surface area (Å²) < 4.78 is 0. The van der Waals surface area contributed by atoms with Gasteiger partial charge in [0.05, 0.1) is 0 Å². The van der Waals surface area contributed by atoms with E-state index < -0.39 is 0 Å². The fourth-order valence-electron chi connectivity index (χ4n) is 2.08. The molecule has 0 N–H and O–H groups in total. The SMILES string of the molecule is [N-]=[N+]=[N-].[N-]=[N+]=[N-].c1ccc2c(c1)Cc1ccccc1-2. The summed E-state index contributed by atoms with van der Waals surface area (Å²) in [6, 6.07) is 17.3. The Kier molecular flexibility index (Phi) is 5.50. The molecular formula is C13H10N6-2. The van der Waals surface area contributed by atoms with E-state index in [0.717, 1.165) is 6.42 Å². The molecule has 2 aromatic rings. The minimum absolute atomic E-state index is 1.10. The standard InChI is InChI=1S/C13H10.2N3/c1-3-7-12-10(5-1)9-11-6-2-4-8-13(11)12;2*1-3-2/h1-8H,9H2;;/q;2*-1. The molecule has 1 aliphatic rings. The molecule has 6 nitrogen and oxygen atoms in total. The molecule has 3 rings (SSSR count). The third kappa shape index (κ3) is 3.51. The van der Waals surface area contributed by atoms with Gasteiger partial charge in [-0.05, 0) is 28.7 Å². The molecule has 0 atom stereocenters. The van der Waals surface area contributed by atoms with E-state index in [1.807, 2.05) is 0 Å². The fourth-order valence-corrected chi connectivity index (χ4v) is 2.08. The Bertz CT molecular complexity index is 567. The molecule has 0 aliphatic heterocycles. The molecule has 0 fully saturated rings. The van der Waals surface area contributed by atoms with E-state index in [4.69, 9.17) is 22.1 Å². The van der Waals surface area contributed by atoms with Crippen LogP contribution in [0.5, 0.6) is 0 Å². The lowest BCUT2D eigenvalue weighted by atomic mass is 10.1. The number of hydrogen-bond acceptors (Lipinski definition) is 0. The van der Waals surface area contributed by atoms with E-state index >= 15 is 0 Å². The molecule has 6 heteroatoms. The maximum atomic E-state index is 6.75. The van der Waals surface area contributed by atoms with E-state index in [0.29, 0.717) is 0 Å². The molecule has 0 saturated carbocycles. The average Bonchev–Trinajstić information content (AvgIpc) is 2.79. The highest BCUT2D eigenvalue weighted by molar-refractivity contribution is 5.76. The fraction of sp³-hybridized carbons (Fsp3) is 0.0769. The average molecular weight is 250 g/mol. The van der Waals surface area contributed by atoms with Gasteiger partial charge in [-0.1, -0.05) is 48.5 Å². The molecule has 0 saturated heterocycles. The van der Waals surface area contributed by atoms with Crippen molar-refractivity contribution in [3.8, 4) is 11.1 Å². The van der Waals surface area contributed by atoms with Gasteiger partial charge in [-0.2, -0.15) is 0 Å². The predicted octanol–water partition coefficient (Wildman–Crippen LogP) is 4.99. The van der Waals surface area contributed by atoms with Crippen molar-refractivity contribution in [2.75, 3.05) is 0 Å². The maximum absolute atomic E-state index is 6.75. The van der Waals surface area contributed by atoms with Crippen LogP contribution in [0.3, 0.4) is 0 Å². The van der Waals surface area contributed by atoms with Crippen molar-refractivity contribution in [2.45, 2.75) is 6.42 Å². The van der Waals surface area contributed by atoms with Crippen molar-refractivity contribution in [1.29, 1.82) is 0 Å². The highest BCUT2D eigenvalue weighted by atomic mass is 15.0. The molecule has 0 amide bonds. The highest BCUT2D eigenvalue weighted by Gasteiger charge is 2.15. The van der Waals surface area contributed by atoms with Crippen molar-refractivity contribution in [3.63, 3.8) is 0 Å². The zero-order valence-corrected chi connectivity index (χ0v) is 10.0. The van der Waals surface area contributed by atoms with Gasteiger partial charge >= 0.3 is 0 Å². The van der Waals surface area contributed by atoms with Gasteiger partial charge in [0.2, 0.25) is 0 Å². The van der Waals surface area contributed by atoms with Gasteiger partial charge in [-0.15, -0.1) is 0 Å². The van der Waals surface area contributed by atoms with Gasteiger partial charge < -0.3 is 22.1 Å². The zero-order valence-electron chi connectivity index (χ0n) is 10.0. The molecule has 1 aliphatic carbocycles. The summed E-state index contributed by atoms with van der Waals surface area (Å²) in [5.41, 5.74) is 32.8. The normalized spacial score (nSPS) is 9.26. The van der Waals surface area contributed by atoms with Crippen molar-refractivity contribution < 1.29 is 0 Å². The molecule has 0 heterocycles. The Morgan fingerprint density at radius 1 is 0.632 bits per heavy atom. The molecule has 0 radical (unpaired) electrons. The number of rotatable bonds is 0. The van der Waals surface area contributed by atoms with Crippen molar-refractivity contribution in [3.05, 3.63) is 91.6 Å². The molecule has 0 bridgehead atoms. The number of fused-ring (bicyclic) bond motifs is 3. The minimum atomic E-state index is 1.10. The van der Waals surface area contributed by atoms with E-state index in [9.17, 15) is 0 Å². The van der Waals surface area contributed by atoms with Gasteiger partial charge in [-0.25, -0.2) is 0 Å². The zero-order chi connectivity index (χ0) is 14.1. The first-order valence-corrected chi connectivity index (χ1v) is 5.41. The second-order valence-corrected chi connectivity index (χ2v) is 3.67. The summed E-state index contributed by atoms with van der Waals surface area (Å²) in [6.45, 7) is 0. The van der Waals surface area contributed by atoms with E-state index in [1.54, 1.807) is 0 Å². The van der Waals surface area contributed by atoms with Crippen molar-refractivity contribution >= 4 is 0 Å². The van der Waals surface area contributed by atoms with Crippen LogP contribution in [-0.2, 0) is 6.42 Å². The van der Waals surface area contributed by atoms with Crippen molar-refractivity contribution in [1.82, 2.24) is 0 Å². The van der Waals surface area contributed by atoms with Gasteiger partial charge in [0.1, 0.15) is 0 Å². The van der Waals surface area contributed by atoms with Crippen LogP contribution in [0.25, 0.3) is 43.1 Å². The topological polar surface area (TPSA) is 117 Å². The van der Waals surface area contributed by atoms with E-state index in [2.05, 4.69) is 48.5 Å². The molecule has 19 heavy (non-hydrogen) atoms. The lowest BCUT2D eigenvalue weighted by molar-refractivity contribution is 1.26. The monoisotopic (exact) mass is 250 g/mol. The first kappa shape index (κ1) is 14.1. The minimum Gasteiger partial charge on any atom is -0.373 e. The van der Waals surface area contributed by atoms with E-state index in [-0.39, 0.29) is 0 Å². The molecular weight excluding hydrogens is 240 g/mol. The molecule has 0 aromatic heterocycles. The number of hydrogen-bond donors (Lipinski definition) is 0. The van der Waals surface area contributed by atoms with Crippen LogP contribution in [0.15, 0.2) is 48.5 Å². The Morgan fingerprint density at radius 3 is 1.32 bits per heavy atom. The third-order valence-electron chi connectivity index (χ3n) is 2.71. The Labute approximate surface area is 110 Å². The third-order valence-corrected chi connectivity index (χ3v) is 2.71. The summed E-state index contributed by atoms with van der Waals surface area (Å²) in [5, 5.41) is 0. The summed E-state index contributed by atoms with van der Waals surface area (Å²) in [4.78, 5) is 3.00. The number of benzene rings is 2.